The van der Waals surface area contributed by atoms with Gasteiger partial charge in [-0.25, -0.2) is 9.59 Å². The van der Waals surface area contributed by atoms with Crippen LogP contribution in [0.1, 0.15) is 49.7 Å². The van der Waals surface area contributed by atoms with Crippen molar-refractivity contribution in [2.24, 2.45) is 0 Å². The van der Waals surface area contributed by atoms with Crippen molar-refractivity contribution >= 4 is 34.6 Å². The summed E-state index contributed by atoms with van der Waals surface area (Å²) in [5, 5.41) is 11.1. The van der Waals surface area contributed by atoms with E-state index in [0.29, 0.717) is 58.0 Å². The number of aromatic amines is 1. The fourth-order valence-electron chi connectivity index (χ4n) is 8.37. The van der Waals surface area contributed by atoms with Gasteiger partial charge in [-0.15, -0.1) is 0 Å². The molecule has 0 unspecified atom stereocenters. The molecule has 2 N–H and O–H groups in total. The Hall–Kier alpha value is -4.16. The maximum absolute atomic E-state index is 14.1. The van der Waals surface area contributed by atoms with Crippen LogP contribution >= 0.6 is 0 Å². The average Bonchev–Trinajstić information content (AvgIpc) is 3.91. The Morgan fingerprint density at radius 1 is 0.796 bits per heavy atom. The standard InChI is InChI=1S/C37H48N8O4/c46-35(43-21-19-42(20-22-43)30-10-14-41(15-11-30)29-6-7-29)34(24-26-5-8-33-28(23-26)25-38-40-33)49-37(48)44-16-12-31(13-17-44)45-18-9-27-3-1-2-4-32(27)39-36(45)47/h1-5,8,23,25,29-31,34H,6-7,9-22,24H2,(H,38,40)(H,39,47)/t34-/m1/s1. The van der Waals surface area contributed by atoms with Gasteiger partial charge in [-0.05, 0) is 87.4 Å². The number of amides is 4. The van der Waals surface area contributed by atoms with E-state index in [4.69, 9.17) is 4.74 Å². The van der Waals surface area contributed by atoms with Gasteiger partial charge in [0.2, 0.25) is 0 Å². The number of H-pyrrole nitrogens is 1. The number of nitrogens with one attached hydrogen (secondary N) is 2. The molecule has 1 saturated carbocycles. The molecule has 4 amide bonds. The summed E-state index contributed by atoms with van der Waals surface area (Å²) in [4.78, 5) is 51.6. The number of anilines is 1. The lowest BCUT2D eigenvalue weighted by Gasteiger charge is -2.43. The second-order valence-corrected chi connectivity index (χ2v) is 14.5. The Morgan fingerprint density at radius 2 is 1.51 bits per heavy atom. The topological polar surface area (TPSA) is 117 Å². The Kier molecular flexibility index (Phi) is 9.15. The summed E-state index contributed by atoms with van der Waals surface area (Å²) in [6, 6.07) is 15.2. The molecule has 49 heavy (non-hydrogen) atoms. The van der Waals surface area contributed by atoms with Crippen LogP contribution in [-0.2, 0) is 22.4 Å². The number of aromatic nitrogens is 2. The van der Waals surface area contributed by atoms with E-state index in [2.05, 4.69) is 31.4 Å². The molecule has 8 rings (SSSR count). The summed E-state index contributed by atoms with van der Waals surface area (Å²) < 4.78 is 6.11. The van der Waals surface area contributed by atoms with Gasteiger partial charge in [0.05, 0.1) is 11.7 Å². The zero-order valence-corrected chi connectivity index (χ0v) is 28.3. The van der Waals surface area contributed by atoms with Crippen LogP contribution < -0.4 is 5.32 Å². The normalized spacial score (nSPS) is 22.4. The number of fused-ring (bicyclic) bond motifs is 2. The van der Waals surface area contributed by atoms with Crippen LogP contribution in [-0.4, -0.2) is 136 Å². The van der Waals surface area contributed by atoms with Gasteiger partial charge in [0.25, 0.3) is 5.91 Å². The number of benzene rings is 2. The number of piperidine rings is 2. The summed E-state index contributed by atoms with van der Waals surface area (Å²) in [6.07, 6.45) is 7.93. The average molecular weight is 669 g/mol. The van der Waals surface area contributed by atoms with Gasteiger partial charge in [-0.3, -0.25) is 14.8 Å². The summed E-state index contributed by atoms with van der Waals surface area (Å²) in [6.45, 7) is 6.94. The molecule has 12 nitrogen and oxygen atoms in total. The number of rotatable bonds is 7. The fraction of sp³-hybridized carbons (Fsp3) is 0.568. The molecule has 0 spiro atoms. The lowest BCUT2D eigenvalue weighted by atomic mass is 10.0. The number of hydrogen-bond donors (Lipinski definition) is 2. The van der Waals surface area contributed by atoms with Crippen molar-refractivity contribution < 1.29 is 19.1 Å². The highest BCUT2D eigenvalue weighted by Gasteiger charge is 2.37. The van der Waals surface area contributed by atoms with E-state index in [1.165, 1.54) is 38.8 Å². The third-order valence-corrected chi connectivity index (χ3v) is 11.5. The molecule has 1 aromatic heterocycles. The van der Waals surface area contributed by atoms with Gasteiger partial charge in [-0.2, -0.15) is 5.10 Å². The van der Waals surface area contributed by atoms with Crippen molar-refractivity contribution in [2.45, 2.75) is 75.6 Å². The smallest absolute Gasteiger partial charge is 0.410 e. The third kappa shape index (κ3) is 7.12. The molecule has 260 valence electrons. The van der Waals surface area contributed by atoms with Gasteiger partial charge < -0.3 is 29.7 Å². The number of urea groups is 1. The number of ether oxygens (including phenoxy) is 1. The lowest BCUT2D eigenvalue weighted by Crippen LogP contribution is -2.56. The minimum atomic E-state index is -0.919. The van der Waals surface area contributed by atoms with Crippen LogP contribution in [0.4, 0.5) is 15.3 Å². The maximum Gasteiger partial charge on any atom is 0.410 e. The highest BCUT2D eigenvalue weighted by atomic mass is 16.6. The molecule has 1 aliphatic carbocycles. The lowest BCUT2D eigenvalue weighted by molar-refractivity contribution is -0.143. The van der Waals surface area contributed by atoms with Crippen molar-refractivity contribution in [3.8, 4) is 0 Å². The van der Waals surface area contributed by atoms with Crippen LogP contribution in [0.15, 0.2) is 48.7 Å². The molecule has 0 radical (unpaired) electrons. The Morgan fingerprint density at radius 3 is 2.29 bits per heavy atom. The van der Waals surface area contributed by atoms with E-state index >= 15 is 0 Å². The number of para-hydroxylation sites is 1. The molecule has 3 saturated heterocycles. The first kappa shape index (κ1) is 32.1. The molecular formula is C37H48N8O4. The van der Waals surface area contributed by atoms with Gasteiger partial charge in [0, 0.05) is 81.4 Å². The van der Waals surface area contributed by atoms with Crippen molar-refractivity contribution in [1.82, 2.24) is 34.7 Å². The highest BCUT2D eigenvalue weighted by Crippen LogP contribution is 2.31. The number of carbonyl (C=O) groups is 3. The molecule has 12 heteroatoms. The SMILES string of the molecule is O=C(O[C@H](Cc1ccc2[nH]ncc2c1)C(=O)N1CCN(C2CCN(C3CC3)CC2)CC1)N1CCC(N2CCc3ccccc3NC2=O)CC1. The summed E-state index contributed by atoms with van der Waals surface area (Å²) >= 11 is 0. The predicted octanol–water partition coefficient (Wildman–Crippen LogP) is 3.94. The fourth-order valence-corrected chi connectivity index (χ4v) is 8.37. The monoisotopic (exact) mass is 668 g/mol. The molecule has 3 aromatic rings. The summed E-state index contributed by atoms with van der Waals surface area (Å²) in [5.74, 6) is -0.125. The molecule has 4 aliphatic heterocycles. The second kappa shape index (κ2) is 14.0. The quantitative estimate of drug-likeness (QED) is 0.392. The number of likely N-dealkylation sites (tertiary alicyclic amines) is 2. The summed E-state index contributed by atoms with van der Waals surface area (Å²) in [5.41, 5.74) is 3.85. The molecule has 5 heterocycles. The van der Waals surface area contributed by atoms with Gasteiger partial charge >= 0.3 is 12.1 Å². The highest BCUT2D eigenvalue weighted by molar-refractivity contribution is 5.91. The van der Waals surface area contributed by atoms with Crippen LogP contribution in [0.25, 0.3) is 10.9 Å². The van der Waals surface area contributed by atoms with E-state index in [9.17, 15) is 14.4 Å². The van der Waals surface area contributed by atoms with Crippen molar-refractivity contribution in [3.63, 3.8) is 0 Å². The van der Waals surface area contributed by atoms with Gasteiger partial charge in [0.1, 0.15) is 0 Å². The van der Waals surface area contributed by atoms with Crippen LogP contribution in [0, 0.1) is 0 Å². The van der Waals surface area contributed by atoms with Crippen LogP contribution in [0.5, 0.6) is 0 Å². The van der Waals surface area contributed by atoms with Gasteiger partial charge in [0.15, 0.2) is 6.10 Å². The number of hydrogen-bond acceptors (Lipinski definition) is 7. The molecule has 2 aromatic carbocycles. The van der Waals surface area contributed by atoms with Gasteiger partial charge in [-0.1, -0.05) is 24.3 Å². The van der Waals surface area contributed by atoms with E-state index in [1.54, 1.807) is 11.1 Å². The zero-order chi connectivity index (χ0) is 33.3. The van der Waals surface area contributed by atoms with Crippen molar-refractivity contribution in [1.29, 1.82) is 0 Å². The predicted molar refractivity (Wildman–Crippen MR) is 186 cm³/mol. The number of piperazine rings is 1. The van der Waals surface area contributed by atoms with E-state index in [0.717, 1.165) is 53.3 Å². The first-order chi connectivity index (χ1) is 24.0. The Labute approximate surface area is 287 Å². The molecule has 1 atom stereocenters. The minimum Gasteiger partial charge on any atom is -0.436 e. The van der Waals surface area contributed by atoms with E-state index < -0.39 is 12.2 Å². The van der Waals surface area contributed by atoms with E-state index in [-0.39, 0.29) is 18.0 Å². The van der Waals surface area contributed by atoms with Crippen molar-refractivity contribution in [3.05, 3.63) is 59.8 Å². The number of carbonyl (C=O) groups excluding carboxylic acids is 3. The number of nitrogens with zero attached hydrogens (tertiary/aromatic N) is 6. The molecule has 5 aliphatic rings. The first-order valence-electron chi connectivity index (χ1n) is 18.3. The van der Waals surface area contributed by atoms with Crippen LogP contribution in [0.3, 0.4) is 0 Å². The van der Waals surface area contributed by atoms with Crippen LogP contribution in [0.2, 0.25) is 0 Å². The molecule has 4 fully saturated rings. The largest absolute Gasteiger partial charge is 0.436 e. The van der Waals surface area contributed by atoms with Crippen molar-refractivity contribution in [2.75, 3.05) is 64.2 Å². The maximum atomic E-state index is 14.1. The Balaban J connectivity index is 0.888. The molecular weight excluding hydrogens is 620 g/mol. The third-order valence-electron chi connectivity index (χ3n) is 11.5. The summed E-state index contributed by atoms with van der Waals surface area (Å²) in [7, 11) is 0. The minimum absolute atomic E-state index is 0.0368. The molecule has 0 bridgehead atoms. The second-order valence-electron chi connectivity index (χ2n) is 14.5. The zero-order valence-electron chi connectivity index (χ0n) is 28.3. The Bertz CT molecular complexity index is 1650. The first-order valence-corrected chi connectivity index (χ1v) is 18.3. The van der Waals surface area contributed by atoms with E-state index in [1.807, 2.05) is 46.2 Å².